The van der Waals surface area contributed by atoms with Crippen LogP contribution in [-0.4, -0.2) is 19.1 Å². The third kappa shape index (κ3) is 5.43. The van der Waals surface area contributed by atoms with Crippen LogP contribution in [0.1, 0.15) is 0 Å². The molecule has 4 heterocycles. The molecule has 0 spiro atoms. The number of pyridine rings is 2. The summed E-state index contributed by atoms with van der Waals surface area (Å²) in [6.07, 6.45) is 7.40. The number of hydrogen-bond donors (Lipinski definition) is 0. The van der Waals surface area contributed by atoms with Crippen molar-refractivity contribution in [2.75, 3.05) is 0 Å². The van der Waals surface area contributed by atoms with Gasteiger partial charge < -0.3 is 13.7 Å². The van der Waals surface area contributed by atoms with Crippen molar-refractivity contribution in [1.29, 1.82) is 0 Å². The van der Waals surface area contributed by atoms with Gasteiger partial charge in [0, 0.05) is 84.7 Å². The molecule has 0 fully saturated rings. The molecule has 11 aromatic rings. The molecule has 0 unspecified atom stereocenters. The zero-order chi connectivity index (χ0) is 38.6. The summed E-state index contributed by atoms with van der Waals surface area (Å²) in [5.74, 6) is 0. The lowest BCUT2D eigenvalue weighted by molar-refractivity contribution is 0.592. The van der Waals surface area contributed by atoms with Gasteiger partial charge in [0.1, 0.15) is 0 Å². The molecular weight excluding hydrogens is 728 g/mol. The number of rotatable bonds is 7. The van der Waals surface area contributed by atoms with E-state index >= 15 is 4.57 Å². The van der Waals surface area contributed by atoms with E-state index in [0.717, 1.165) is 93.2 Å². The van der Waals surface area contributed by atoms with Gasteiger partial charge in [-0.1, -0.05) is 127 Å². The van der Waals surface area contributed by atoms with E-state index in [-0.39, 0.29) is 0 Å². The summed E-state index contributed by atoms with van der Waals surface area (Å²) in [4.78, 5) is 8.78. The maximum Gasteiger partial charge on any atom is 0.171 e. The van der Waals surface area contributed by atoms with Gasteiger partial charge in [-0.2, -0.15) is 0 Å². The highest BCUT2D eigenvalue weighted by Gasteiger charge is 2.32. The van der Waals surface area contributed by atoms with Crippen LogP contribution in [0.25, 0.3) is 77.2 Å². The standard InChI is InChI=1S/C52H35N4OP/c57-58(42-18-8-3-9-19-42,43-22-26-47-45-24-20-36(38-12-10-28-53-34-38)30-49(45)55(51(47)32-43)40-14-4-1-5-15-40)44-23-27-48-46-25-21-37(39-13-11-29-54-35-39)31-50(46)56(52(48)33-44)41-16-6-2-7-17-41/h1-35H. The molecule has 0 saturated heterocycles. The predicted molar refractivity (Wildman–Crippen MR) is 241 cm³/mol. The highest BCUT2D eigenvalue weighted by Crippen LogP contribution is 2.46. The molecule has 0 amide bonds. The highest BCUT2D eigenvalue weighted by atomic mass is 31.2. The van der Waals surface area contributed by atoms with Crippen LogP contribution in [-0.2, 0) is 4.57 Å². The van der Waals surface area contributed by atoms with Gasteiger partial charge in [0.25, 0.3) is 0 Å². The van der Waals surface area contributed by atoms with E-state index in [1.165, 1.54) is 0 Å². The second kappa shape index (κ2) is 13.7. The van der Waals surface area contributed by atoms with Crippen LogP contribution >= 0.6 is 7.14 Å². The van der Waals surface area contributed by atoms with E-state index < -0.39 is 7.14 Å². The first kappa shape index (κ1) is 34.0. The molecule has 58 heavy (non-hydrogen) atoms. The first-order chi connectivity index (χ1) is 28.6. The summed E-state index contributed by atoms with van der Waals surface area (Å²) >= 11 is 0. The zero-order valence-electron chi connectivity index (χ0n) is 31.4. The molecule has 0 aliphatic rings. The third-order valence-corrected chi connectivity index (χ3v) is 14.4. The Morgan fingerprint density at radius 2 is 0.741 bits per heavy atom. The van der Waals surface area contributed by atoms with Crippen LogP contribution in [0.2, 0.25) is 0 Å². The van der Waals surface area contributed by atoms with Gasteiger partial charge in [-0.15, -0.1) is 0 Å². The van der Waals surface area contributed by atoms with Gasteiger partial charge >= 0.3 is 0 Å². The largest absolute Gasteiger partial charge is 0.309 e. The minimum atomic E-state index is -3.45. The van der Waals surface area contributed by atoms with Crippen LogP contribution < -0.4 is 15.9 Å². The van der Waals surface area contributed by atoms with Gasteiger partial charge in [0.2, 0.25) is 0 Å². The fourth-order valence-electron chi connectivity index (χ4n) is 8.63. The lowest BCUT2D eigenvalue weighted by Crippen LogP contribution is -2.25. The van der Waals surface area contributed by atoms with Gasteiger partial charge in [0.05, 0.1) is 22.1 Å². The Kier molecular flexibility index (Phi) is 8.02. The van der Waals surface area contributed by atoms with E-state index in [4.69, 9.17) is 0 Å². The van der Waals surface area contributed by atoms with Crippen LogP contribution in [0, 0.1) is 0 Å². The molecule has 274 valence electrons. The number of aromatic nitrogens is 4. The Morgan fingerprint density at radius 1 is 0.345 bits per heavy atom. The topological polar surface area (TPSA) is 52.7 Å². The van der Waals surface area contributed by atoms with Crippen molar-refractivity contribution in [2.24, 2.45) is 0 Å². The Morgan fingerprint density at radius 3 is 1.16 bits per heavy atom. The Bertz CT molecular complexity index is 3140. The second-order valence-electron chi connectivity index (χ2n) is 14.6. The summed E-state index contributed by atoms with van der Waals surface area (Å²) in [5.41, 5.74) is 10.5. The van der Waals surface area contributed by atoms with Crippen molar-refractivity contribution in [3.8, 4) is 33.6 Å². The number of hydrogen-bond acceptors (Lipinski definition) is 3. The van der Waals surface area contributed by atoms with Gasteiger partial charge in [-0.25, -0.2) is 0 Å². The second-order valence-corrected chi connectivity index (χ2v) is 17.4. The maximum atomic E-state index is 16.5. The summed E-state index contributed by atoms with van der Waals surface area (Å²) in [5, 5.41) is 6.81. The van der Waals surface area contributed by atoms with Gasteiger partial charge in [-0.3, -0.25) is 9.97 Å². The van der Waals surface area contributed by atoms with E-state index in [9.17, 15) is 0 Å². The van der Waals surface area contributed by atoms with Crippen molar-refractivity contribution < 1.29 is 4.57 Å². The number of nitrogens with zero attached hydrogens (tertiary/aromatic N) is 4. The SMILES string of the molecule is O=P(c1ccccc1)(c1ccc2c3ccc(-c4cccnc4)cc3n(-c3ccccc3)c2c1)c1ccc2c3ccc(-c4cccnc4)cc3n(-c3ccccc3)c2c1. The minimum Gasteiger partial charge on any atom is -0.309 e. The maximum absolute atomic E-state index is 16.5. The van der Waals surface area contributed by atoms with Gasteiger partial charge in [-0.05, 0) is 71.8 Å². The third-order valence-electron chi connectivity index (χ3n) is 11.4. The highest BCUT2D eigenvalue weighted by molar-refractivity contribution is 7.85. The number of benzene rings is 7. The molecular formula is C52H35N4OP. The Hall–Kier alpha value is -7.33. The first-order valence-corrected chi connectivity index (χ1v) is 21.1. The van der Waals surface area contributed by atoms with Crippen LogP contribution in [0.4, 0.5) is 0 Å². The van der Waals surface area contributed by atoms with Crippen molar-refractivity contribution in [2.45, 2.75) is 0 Å². The molecule has 11 rings (SSSR count). The Labute approximate surface area is 335 Å². The number of para-hydroxylation sites is 2. The summed E-state index contributed by atoms with van der Waals surface area (Å²) in [7, 11) is -3.45. The van der Waals surface area contributed by atoms with E-state index in [1.807, 2.05) is 67.0 Å². The van der Waals surface area contributed by atoms with Crippen LogP contribution in [0.15, 0.2) is 213 Å². The summed E-state index contributed by atoms with van der Waals surface area (Å²) < 4.78 is 21.1. The monoisotopic (exact) mass is 762 g/mol. The molecule has 0 aliphatic heterocycles. The van der Waals surface area contributed by atoms with Crippen molar-refractivity contribution >= 4 is 66.7 Å². The van der Waals surface area contributed by atoms with Crippen molar-refractivity contribution in [1.82, 2.24) is 19.1 Å². The number of fused-ring (bicyclic) bond motifs is 6. The van der Waals surface area contributed by atoms with Crippen molar-refractivity contribution in [3.63, 3.8) is 0 Å². The quantitative estimate of drug-likeness (QED) is 0.152. The average Bonchev–Trinajstić information content (AvgIpc) is 3.81. The molecule has 0 radical (unpaired) electrons. The predicted octanol–water partition coefficient (Wildman–Crippen LogP) is 11.6. The van der Waals surface area contributed by atoms with Crippen molar-refractivity contribution in [3.05, 3.63) is 213 Å². The lowest BCUT2D eigenvalue weighted by atomic mass is 10.1. The van der Waals surface area contributed by atoms with E-state index in [0.29, 0.717) is 0 Å². The molecule has 7 aromatic carbocycles. The summed E-state index contributed by atoms with van der Waals surface area (Å²) in [6.45, 7) is 0. The molecule has 0 N–H and O–H groups in total. The zero-order valence-corrected chi connectivity index (χ0v) is 32.2. The van der Waals surface area contributed by atoms with E-state index in [2.05, 4.69) is 153 Å². The molecule has 5 nitrogen and oxygen atoms in total. The van der Waals surface area contributed by atoms with E-state index in [1.54, 1.807) is 12.4 Å². The molecule has 0 atom stereocenters. The fraction of sp³-hybridized carbons (Fsp3) is 0. The van der Waals surface area contributed by atoms with Crippen LogP contribution in [0.3, 0.4) is 0 Å². The average molecular weight is 763 g/mol. The molecule has 0 bridgehead atoms. The van der Waals surface area contributed by atoms with Crippen LogP contribution in [0.5, 0.6) is 0 Å². The lowest BCUT2D eigenvalue weighted by Gasteiger charge is -2.21. The normalized spacial score (nSPS) is 11.9. The molecule has 6 heteroatoms. The molecule has 4 aromatic heterocycles. The molecule has 0 saturated carbocycles. The fourth-order valence-corrected chi connectivity index (χ4v) is 11.3. The Balaban J connectivity index is 1.17. The summed E-state index contributed by atoms with van der Waals surface area (Å²) in [6, 6.07) is 65.0. The minimum absolute atomic E-state index is 0.777. The smallest absolute Gasteiger partial charge is 0.171 e. The first-order valence-electron chi connectivity index (χ1n) is 19.4. The van der Waals surface area contributed by atoms with Gasteiger partial charge in [0.15, 0.2) is 7.14 Å². The molecule has 0 aliphatic carbocycles.